The molecule has 3 heteroatoms. The minimum atomic E-state index is 0.275. The maximum atomic E-state index is 12.9. The molecule has 128 valence electrons. The first kappa shape index (κ1) is 15.7. The molecule has 4 rings (SSSR count). The van der Waals surface area contributed by atoms with E-state index in [0.29, 0.717) is 11.8 Å². The maximum absolute atomic E-state index is 12.9. The molecule has 1 amide bonds. The fraction of sp³-hybridized carbons (Fsp3) is 0.571. The van der Waals surface area contributed by atoms with E-state index >= 15 is 0 Å². The van der Waals surface area contributed by atoms with Crippen LogP contribution in [0, 0.1) is 5.92 Å². The summed E-state index contributed by atoms with van der Waals surface area (Å²) in [6.45, 7) is 6.12. The molecule has 0 bridgehead atoms. The van der Waals surface area contributed by atoms with E-state index in [-0.39, 0.29) is 5.92 Å². The Morgan fingerprint density at radius 1 is 1.21 bits per heavy atom. The predicted octanol–water partition coefficient (Wildman–Crippen LogP) is 4.76. The molecule has 2 aliphatic rings. The zero-order chi connectivity index (χ0) is 16.7. The fourth-order valence-corrected chi connectivity index (χ4v) is 4.39. The summed E-state index contributed by atoms with van der Waals surface area (Å²) in [5.74, 6) is 1.20. The van der Waals surface area contributed by atoms with Gasteiger partial charge >= 0.3 is 0 Å². The lowest BCUT2D eigenvalue weighted by Crippen LogP contribution is -2.40. The fourth-order valence-electron chi connectivity index (χ4n) is 4.39. The van der Waals surface area contributed by atoms with Crippen molar-refractivity contribution in [2.75, 3.05) is 6.54 Å². The molecule has 1 aromatic carbocycles. The van der Waals surface area contributed by atoms with Crippen LogP contribution in [0.3, 0.4) is 0 Å². The quantitative estimate of drug-likeness (QED) is 0.849. The lowest BCUT2D eigenvalue weighted by atomic mass is 9.87. The van der Waals surface area contributed by atoms with Gasteiger partial charge in [-0.05, 0) is 36.5 Å². The Balaban J connectivity index is 1.62. The predicted molar refractivity (Wildman–Crippen MR) is 98.1 cm³/mol. The molecule has 1 fully saturated rings. The first-order valence-electron chi connectivity index (χ1n) is 9.55. The van der Waals surface area contributed by atoms with E-state index < -0.39 is 0 Å². The number of hydrogen-bond donors (Lipinski definition) is 1. The molecule has 1 saturated carbocycles. The third kappa shape index (κ3) is 2.74. The Kier molecular flexibility index (Phi) is 4.11. The van der Waals surface area contributed by atoms with E-state index in [4.69, 9.17) is 0 Å². The van der Waals surface area contributed by atoms with Crippen LogP contribution in [0.4, 0.5) is 0 Å². The van der Waals surface area contributed by atoms with Crippen molar-refractivity contribution in [1.29, 1.82) is 0 Å². The summed E-state index contributed by atoms with van der Waals surface area (Å²) in [5, 5.41) is 1.32. The molecule has 0 radical (unpaired) electrons. The molecule has 0 saturated heterocycles. The zero-order valence-electron chi connectivity index (χ0n) is 14.9. The Morgan fingerprint density at radius 2 is 2.00 bits per heavy atom. The van der Waals surface area contributed by atoms with Gasteiger partial charge in [-0.15, -0.1) is 0 Å². The standard InChI is InChI=1S/C21H28N2O/c1-14(2)16-8-9-19-17(12-16)18-13-23(11-10-20(18)22-19)21(24)15-6-4-3-5-7-15/h8-9,12,14-15,22H,3-7,10-11,13H2,1-2H3. The molecule has 1 aliphatic carbocycles. The van der Waals surface area contributed by atoms with E-state index in [1.165, 1.54) is 47.0 Å². The maximum Gasteiger partial charge on any atom is 0.225 e. The van der Waals surface area contributed by atoms with Crippen molar-refractivity contribution >= 4 is 16.8 Å². The number of nitrogens with one attached hydrogen (secondary N) is 1. The van der Waals surface area contributed by atoms with E-state index in [9.17, 15) is 4.79 Å². The molecule has 0 spiro atoms. The van der Waals surface area contributed by atoms with Gasteiger partial charge in [0.25, 0.3) is 0 Å². The highest BCUT2D eigenvalue weighted by Crippen LogP contribution is 2.32. The van der Waals surface area contributed by atoms with Crippen LogP contribution in [-0.4, -0.2) is 22.3 Å². The number of aromatic nitrogens is 1. The van der Waals surface area contributed by atoms with Crippen LogP contribution in [0.5, 0.6) is 0 Å². The van der Waals surface area contributed by atoms with Crippen molar-refractivity contribution in [1.82, 2.24) is 9.88 Å². The highest BCUT2D eigenvalue weighted by molar-refractivity contribution is 5.87. The van der Waals surface area contributed by atoms with Gasteiger partial charge in [-0.2, -0.15) is 0 Å². The lowest BCUT2D eigenvalue weighted by Gasteiger charge is -2.32. The van der Waals surface area contributed by atoms with Gasteiger partial charge < -0.3 is 9.88 Å². The minimum Gasteiger partial charge on any atom is -0.358 e. The molecular weight excluding hydrogens is 296 g/mol. The average Bonchev–Trinajstić information content (AvgIpc) is 2.98. The SMILES string of the molecule is CC(C)c1ccc2[nH]c3c(c2c1)CN(C(=O)C1CCCCC1)CC3. The highest BCUT2D eigenvalue weighted by atomic mass is 16.2. The number of nitrogens with zero attached hydrogens (tertiary/aromatic N) is 1. The van der Waals surface area contributed by atoms with Gasteiger partial charge in [-0.1, -0.05) is 39.2 Å². The Labute approximate surface area is 144 Å². The van der Waals surface area contributed by atoms with Gasteiger partial charge in [0, 0.05) is 47.6 Å². The van der Waals surface area contributed by atoms with E-state index in [0.717, 1.165) is 32.4 Å². The van der Waals surface area contributed by atoms with Gasteiger partial charge in [0.15, 0.2) is 0 Å². The monoisotopic (exact) mass is 324 g/mol. The van der Waals surface area contributed by atoms with Crippen molar-refractivity contribution in [2.45, 2.75) is 64.8 Å². The molecule has 24 heavy (non-hydrogen) atoms. The summed E-state index contributed by atoms with van der Waals surface area (Å²) in [7, 11) is 0. The molecule has 2 aromatic rings. The molecule has 0 atom stereocenters. The van der Waals surface area contributed by atoms with Crippen LogP contribution in [0.15, 0.2) is 18.2 Å². The molecular formula is C21H28N2O. The normalized spacial score (nSPS) is 19.0. The average molecular weight is 324 g/mol. The van der Waals surface area contributed by atoms with E-state index in [2.05, 4.69) is 41.9 Å². The van der Waals surface area contributed by atoms with E-state index in [1.54, 1.807) is 0 Å². The van der Waals surface area contributed by atoms with Crippen LogP contribution in [0.2, 0.25) is 0 Å². The molecule has 2 heterocycles. The minimum absolute atomic E-state index is 0.275. The topological polar surface area (TPSA) is 36.1 Å². The van der Waals surface area contributed by atoms with Crippen molar-refractivity contribution in [3.8, 4) is 0 Å². The largest absolute Gasteiger partial charge is 0.358 e. The molecule has 0 unspecified atom stereocenters. The van der Waals surface area contributed by atoms with Crippen molar-refractivity contribution in [3.63, 3.8) is 0 Å². The molecule has 3 nitrogen and oxygen atoms in total. The Morgan fingerprint density at radius 3 is 2.75 bits per heavy atom. The van der Waals surface area contributed by atoms with Crippen molar-refractivity contribution < 1.29 is 4.79 Å². The van der Waals surface area contributed by atoms with Crippen LogP contribution >= 0.6 is 0 Å². The van der Waals surface area contributed by atoms with Gasteiger partial charge in [0.2, 0.25) is 5.91 Å². The second kappa shape index (κ2) is 6.27. The van der Waals surface area contributed by atoms with Gasteiger partial charge in [0.1, 0.15) is 0 Å². The smallest absolute Gasteiger partial charge is 0.225 e. The summed E-state index contributed by atoms with van der Waals surface area (Å²) < 4.78 is 0. The molecule has 1 aromatic heterocycles. The summed E-state index contributed by atoms with van der Waals surface area (Å²) in [6.07, 6.45) is 6.88. The summed E-state index contributed by atoms with van der Waals surface area (Å²) in [6, 6.07) is 6.75. The number of H-pyrrole nitrogens is 1. The van der Waals surface area contributed by atoms with Crippen LogP contribution in [0.25, 0.3) is 10.9 Å². The number of rotatable bonds is 2. The number of benzene rings is 1. The Hall–Kier alpha value is -1.77. The first-order chi connectivity index (χ1) is 11.6. The molecule has 1 aliphatic heterocycles. The number of amides is 1. The van der Waals surface area contributed by atoms with Crippen molar-refractivity contribution in [3.05, 3.63) is 35.0 Å². The Bertz CT molecular complexity index is 753. The number of carbonyl (C=O) groups is 1. The van der Waals surface area contributed by atoms with Crippen molar-refractivity contribution in [2.24, 2.45) is 5.92 Å². The number of fused-ring (bicyclic) bond motifs is 3. The first-order valence-corrected chi connectivity index (χ1v) is 9.55. The number of aromatic amines is 1. The number of hydrogen-bond acceptors (Lipinski definition) is 1. The van der Waals surface area contributed by atoms with Gasteiger partial charge in [0.05, 0.1) is 0 Å². The van der Waals surface area contributed by atoms with Crippen LogP contribution < -0.4 is 0 Å². The highest BCUT2D eigenvalue weighted by Gasteiger charge is 2.29. The summed E-state index contributed by atoms with van der Waals surface area (Å²) in [5.41, 5.74) is 5.28. The number of carbonyl (C=O) groups excluding carboxylic acids is 1. The third-order valence-electron chi connectivity index (χ3n) is 5.93. The molecule has 1 N–H and O–H groups in total. The van der Waals surface area contributed by atoms with Crippen LogP contribution in [-0.2, 0) is 17.8 Å². The van der Waals surface area contributed by atoms with Gasteiger partial charge in [-0.3, -0.25) is 4.79 Å². The zero-order valence-corrected chi connectivity index (χ0v) is 14.9. The van der Waals surface area contributed by atoms with E-state index in [1.807, 2.05) is 0 Å². The van der Waals surface area contributed by atoms with Crippen LogP contribution in [0.1, 0.15) is 68.7 Å². The lowest BCUT2D eigenvalue weighted by molar-refractivity contribution is -0.137. The third-order valence-corrected chi connectivity index (χ3v) is 5.93. The second-order valence-corrected chi connectivity index (χ2v) is 7.89. The summed E-state index contributed by atoms with van der Waals surface area (Å²) in [4.78, 5) is 18.6. The van der Waals surface area contributed by atoms with Gasteiger partial charge in [-0.25, -0.2) is 0 Å². The summed E-state index contributed by atoms with van der Waals surface area (Å²) >= 11 is 0. The second-order valence-electron chi connectivity index (χ2n) is 7.89.